The van der Waals surface area contributed by atoms with Gasteiger partial charge in [-0.05, 0) is 61.1 Å². The Bertz CT molecular complexity index is 746. The molecular formula is C23H30N2OS2. The van der Waals surface area contributed by atoms with Crippen LogP contribution in [0.15, 0.2) is 58.3 Å². The SMILES string of the molecule is Sc1ccc(N[C@H](CCN2CCOCC2)CSc2ccccc2)c(C2CC2)c1. The number of ether oxygens (including phenoxy) is 1. The minimum Gasteiger partial charge on any atom is -0.381 e. The van der Waals surface area contributed by atoms with Crippen LogP contribution in [0.2, 0.25) is 0 Å². The summed E-state index contributed by atoms with van der Waals surface area (Å²) >= 11 is 6.51. The fourth-order valence-corrected chi connectivity index (χ4v) is 4.91. The number of thioether (sulfide) groups is 1. The third kappa shape index (κ3) is 5.93. The molecule has 2 aromatic rings. The molecule has 5 heteroatoms. The third-order valence-electron chi connectivity index (χ3n) is 5.50. The molecule has 28 heavy (non-hydrogen) atoms. The number of nitrogens with one attached hydrogen (secondary N) is 1. The first-order valence-electron chi connectivity index (χ1n) is 10.4. The van der Waals surface area contributed by atoms with Gasteiger partial charge in [0, 0.05) is 46.9 Å². The van der Waals surface area contributed by atoms with Crippen molar-refractivity contribution in [3.05, 3.63) is 54.1 Å². The fraction of sp³-hybridized carbons (Fsp3) is 0.478. The number of hydrogen-bond acceptors (Lipinski definition) is 5. The summed E-state index contributed by atoms with van der Waals surface area (Å²) in [5.41, 5.74) is 2.76. The van der Waals surface area contributed by atoms with Crippen LogP contribution in [0.25, 0.3) is 0 Å². The lowest BCUT2D eigenvalue weighted by molar-refractivity contribution is 0.0370. The molecule has 2 aliphatic rings. The minimum absolute atomic E-state index is 0.441. The molecule has 0 radical (unpaired) electrons. The van der Waals surface area contributed by atoms with Gasteiger partial charge in [-0.3, -0.25) is 4.90 Å². The van der Waals surface area contributed by atoms with Gasteiger partial charge >= 0.3 is 0 Å². The largest absolute Gasteiger partial charge is 0.381 e. The molecule has 0 bridgehead atoms. The number of anilines is 1. The van der Waals surface area contributed by atoms with Gasteiger partial charge in [0.05, 0.1) is 13.2 Å². The Morgan fingerprint density at radius 2 is 1.89 bits per heavy atom. The van der Waals surface area contributed by atoms with Gasteiger partial charge in [-0.15, -0.1) is 24.4 Å². The molecule has 0 spiro atoms. The predicted octanol–water partition coefficient (Wildman–Crippen LogP) is 5.15. The lowest BCUT2D eigenvalue weighted by Crippen LogP contribution is -2.39. The van der Waals surface area contributed by atoms with Crippen molar-refractivity contribution in [3.63, 3.8) is 0 Å². The molecule has 2 fully saturated rings. The molecular weight excluding hydrogens is 384 g/mol. The van der Waals surface area contributed by atoms with Crippen LogP contribution < -0.4 is 5.32 Å². The number of hydrogen-bond donors (Lipinski definition) is 2. The molecule has 1 saturated heterocycles. The Morgan fingerprint density at radius 3 is 2.64 bits per heavy atom. The number of thiol groups is 1. The van der Waals surface area contributed by atoms with Crippen molar-refractivity contribution in [2.75, 3.05) is 43.9 Å². The van der Waals surface area contributed by atoms with Gasteiger partial charge in [0.2, 0.25) is 0 Å². The van der Waals surface area contributed by atoms with Crippen molar-refractivity contribution in [1.82, 2.24) is 4.90 Å². The minimum atomic E-state index is 0.441. The zero-order valence-electron chi connectivity index (χ0n) is 16.3. The fourth-order valence-electron chi connectivity index (χ4n) is 3.71. The van der Waals surface area contributed by atoms with Gasteiger partial charge in [0.1, 0.15) is 0 Å². The zero-order chi connectivity index (χ0) is 19.2. The summed E-state index contributed by atoms with van der Waals surface area (Å²) in [4.78, 5) is 4.94. The molecule has 1 aliphatic heterocycles. The first kappa shape index (κ1) is 20.1. The average molecular weight is 415 g/mol. The summed E-state index contributed by atoms with van der Waals surface area (Å²) in [6.07, 6.45) is 3.76. The first-order chi connectivity index (χ1) is 13.8. The standard InChI is InChI=1S/C23H30N2OS2/c27-20-8-9-23(22(16-20)18-6-7-18)24-19(10-11-25-12-14-26-15-13-25)17-28-21-4-2-1-3-5-21/h1-5,8-9,16,18-19,24,27H,6-7,10-15,17H2/t19-/m1/s1. The normalized spacial score (nSPS) is 18.8. The van der Waals surface area contributed by atoms with Crippen molar-refractivity contribution in [1.29, 1.82) is 0 Å². The van der Waals surface area contributed by atoms with Gasteiger partial charge in [-0.25, -0.2) is 0 Å². The van der Waals surface area contributed by atoms with E-state index < -0.39 is 0 Å². The number of nitrogens with zero attached hydrogens (tertiary/aromatic N) is 1. The van der Waals surface area contributed by atoms with E-state index in [-0.39, 0.29) is 0 Å². The highest BCUT2D eigenvalue weighted by atomic mass is 32.2. The summed E-state index contributed by atoms with van der Waals surface area (Å²) in [6.45, 7) is 4.97. The maximum absolute atomic E-state index is 5.50. The summed E-state index contributed by atoms with van der Waals surface area (Å²) in [5, 5.41) is 3.89. The van der Waals surface area contributed by atoms with Crippen molar-refractivity contribution in [2.45, 2.75) is 41.0 Å². The predicted molar refractivity (Wildman–Crippen MR) is 122 cm³/mol. The highest BCUT2D eigenvalue weighted by molar-refractivity contribution is 7.99. The number of rotatable bonds is 9. The van der Waals surface area contributed by atoms with Crippen LogP contribution in [-0.2, 0) is 4.74 Å². The Hall–Kier alpha value is -1.14. The zero-order valence-corrected chi connectivity index (χ0v) is 18.1. The monoisotopic (exact) mass is 414 g/mol. The van der Waals surface area contributed by atoms with Crippen molar-refractivity contribution in [3.8, 4) is 0 Å². The molecule has 0 unspecified atom stereocenters. The van der Waals surface area contributed by atoms with Crippen LogP contribution in [0, 0.1) is 0 Å². The van der Waals surface area contributed by atoms with E-state index in [0.717, 1.165) is 55.8 Å². The Kier molecular flexibility index (Phi) is 7.24. The lowest BCUT2D eigenvalue weighted by Gasteiger charge is -2.29. The van der Waals surface area contributed by atoms with Crippen LogP contribution in [-0.4, -0.2) is 49.5 Å². The molecule has 0 amide bonds. The molecule has 0 aromatic heterocycles. The van der Waals surface area contributed by atoms with E-state index in [1.165, 1.54) is 29.0 Å². The lowest BCUT2D eigenvalue weighted by atomic mass is 10.1. The van der Waals surface area contributed by atoms with E-state index in [1.807, 2.05) is 11.8 Å². The van der Waals surface area contributed by atoms with Crippen molar-refractivity contribution >= 4 is 30.1 Å². The summed E-state index contributed by atoms with van der Waals surface area (Å²) < 4.78 is 5.50. The smallest absolute Gasteiger partial charge is 0.0594 e. The van der Waals surface area contributed by atoms with E-state index in [9.17, 15) is 0 Å². The number of benzene rings is 2. The Balaban J connectivity index is 1.42. The average Bonchev–Trinajstić information content (AvgIpc) is 3.58. The molecule has 1 atom stereocenters. The van der Waals surface area contributed by atoms with Crippen molar-refractivity contribution < 1.29 is 4.74 Å². The molecule has 1 N–H and O–H groups in total. The van der Waals surface area contributed by atoms with E-state index in [4.69, 9.17) is 4.74 Å². The third-order valence-corrected chi connectivity index (χ3v) is 6.96. The molecule has 3 nitrogen and oxygen atoms in total. The molecule has 4 rings (SSSR count). The quantitative estimate of drug-likeness (QED) is 0.438. The summed E-state index contributed by atoms with van der Waals surface area (Å²) in [5.74, 6) is 1.79. The molecule has 150 valence electrons. The van der Waals surface area contributed by atoms with Crippen LogP contribution in [0.4, 0.5) is 5.69 Å². The topological polar surface area (TPSA) is 24.5 Å². The van der Waals surface area contributed by atoms with Gasteiger partial charge in [0.25, 0.3) is 0 Å². The van der Waals surface area contributed by atoms with Gasteiger partial charge in [0.15, 0.2) is 0 Å². The van der Waals surface area contributed by atoms with Crippen LogP contribution in [0.3, 0.4) is 0 Å². The summed E-state index contributed by atoms with van der Waals surface area (Å²) in [6, 6.07) is 17.8. The second-order valence-electron chi connectivity index (χ2n) is 7.75. The molecule has 2 aromatic carbocycles. The molecule has 1 aliphatic carbocycles. The maximum atomic E-state index is 5.50. The number of morpholine rings is 1. The molecule has 1 saturated carbocycles. The van der Waals surface area contributed by atoms with Crippen LogP contribution in [0.1, 0.15) is 30.7 Å². The van der Waals surface area contributed by atoms with E-state index >= 15 is 0 Å². The van der Waals surface area contributed by atoms with Gasteiger partial charge < -0.3 is 10.1 Å². The first-order valence-corrected chi connectivity index (χ1v) is 11.8. The molecule has 1 heterocycles. The van der Waals surface area contributed by atoms with E-state index in [1.54, 1.807) is 0 Å². The Labute approximate surface area is 178 Å². The summed E-state index contributed by atoms with van der Waals surface area (Å²) in [7, 11) is 0. The van der Waals surface area contributed by atoms with E-state index in [2.05, 4.69) is 71.4 Å². The van der Waals surface area contributed by atoms with Crippen LogP contribution in [0.5, 0.6) is 0 Å². The van der Waals surface area contributed by atoms with Gasteiger partial charge in [-0.1, -0.05) is 18.2 Å². The second-order valence-corrected chi connectivity index (χ2v) is 9.36. The van der Waals surface area contributed by atoms with Crippen LogP contribution >= 0.6 is 24.4 Å². The second kappa shape index (κ2) is 10.1. The highest BCUT2D eigenvalue weighted by Gasteiger charge is 2.27. The Morgan fingerprint density at radius 1 is 1.11 bits per heavy atom. The van der Waals surface area contributed by atoms with Crippen molar-refractivity contribution in [2.24, 2.45) is 0 Å². The maximum Gasteiger partial charge on any atom is 0.0594 e. The highest BCUT2D eigenvalue weighted by Crippen LogP contribution is 2.44. The van der Waals surface area contributed by atoms with Gasteiger partial charge in [-0.2, -0.15) is 0 Å². The van der Waals surface area contributed by atoms with E-state index in [0.29, 0.717) is 6.04 Å².